The molecule has 1 aromatic carbocycles. The highest BCUT2D eigenvalue weighted by atomic mass is 32.2. The Morgan fingerprint density at radius 1 is 1.23 bits per heavy atom. The van der Waals surface area contributed by atoms with Crippen LogP contribution in [0.1, 0.15) is 19.7 Å². The predicted molar refractivity (Wildman–Crippen MR) is 89.2 cm³/mol. The van der Waals surface area contributed by atoms with Crippen LogP contribution in [0.3, 0.4) is 0 Å². The zero-order chi connectivity index (χ0) is 16.3. The van der Waals surface area contributed by atoms with Gasteiger partial charge in [-0.25, -0.2) is 18.4 Å². The number of fused-ring (bicyclic) bond motifs is 1. The number of aromatic nitrogens is 2. The standard InChI is InChI=1S/C15H22N4O2S/c1-11(2)19(8-9-22(3,20)21)10-14-17-13-7-5-4-6-12(13)15(16)18-14/h4-7,11H,8-10H2,1-3H3,(H2,16,17,18). The molecule has 2 N–H and O–H groups in total. The zero-order valence-electron chi connectivity index (χ0n) is 13.2. The summed E-state index contributed by atoms with van der Waals surface area (Å²) in [6, 6.07) is 7.78. The normalized spacial score (nSPS) is 12.4. The molecule has 0 bridgehead atoms. The van der Waals surface area contributed by atoms with Crippen molar-refractivity contribution in [3.8, 4) is 0 Å². The molecule has 7 heteroatoms. The van der Waals surface area contributed by atoms with E-state index in [-0.39, 0.29) is 11.8 Å². The van der Waals surface area contributed by atoms with Gasteiger partial charge in [0.1, 0.15) is 21.5 Å². The Morgan fingerprint density at radius 2 is 1.91 bits per heavy atom. The van der Waals surface area contributed by atoms with Crippen LogP contribution in [-0.2, 0) is 16.4 Å². The monoisotopic (exact) mass is 322 g/mol. The Labute approximate surface area is 131 Å². The number of hydrogen-bond acceptors (Lipinski definition) is 6. The maximum atomic E-state index is 11.4. The lowest BCUT2D eigenvalue weighted by Gasteiger charge is -2.25. The van der Waals surface area contributed by atoms with Gasteiger partial charge in [0.2, 0.25) is 0 Å². The van der Waals surface area contributed by atoms with E-state index in [1.54, 1.807) is 0 Å². The number of hydrogen-bond donors (Lipinski definition) is 1. The Morgan fingerprint density at radius 3 is 2.55 bits per heavy atom. The summed E-state index contributed by atoms with van der Waals surface area (Å²) in [6.45, 7) is 4.97. The largest absolute Gasteiger partial charge is 0.383 e. The summed E-state index contributed by atoms with van der Waals surface area (Å²) in [4.78, 5) is 10.9. The molecule has 0 saturated carbocycles. The van der Waals surface area contributed by atoms with Crippen LogP contribution in [0, 0.1) is 0 Å². The summed E-state index contributed by atoms with van der Waals surface area (Å²) in [5.41, 5.74) is 6.79. The van der Waals surface area contributed by atoms with E-state index in [0.717, 1.165) is 10.9 Å². The summed E-state index contributed by atoms with van der Waals surface area (Å²) in [6.07, 6.45) is 1.25. The van der Waals surface area contributed by atoms with Crippen molar-refractivity contribution in [1.29, 1.82) is 0 Å². The lowest BCUT2D eigenvalue weighted by atomic mass is 10.2. The minimum atomic E-state index is -2.99. The summed E-state index contributed by atoms with van der Waals surface area (Å²) >= 11 is 0. The number of para-hydroxylation sites is 1. The summed E-state index contributed by atoms with van der Waals surface area (Å²) in [5.74, 6) is 1.18. The van der Waals surface area contributed by atoms with Crippen molar-refractivity contribution in [1.82, 2.24) is 14.9 Å². The molecule has 22 heavy (non-hydrogen) atoms. The molecule has 0 aliphatic heterocycles. The van der Waals surface area contributed by atoms with Gasteiger partial charge in [0.05, 0.1) is 17.8 Å². The van der Waals surface area contributed by atoms with Crippen molar-refractivity contribution in [3.63, 3.8) is 0 Å². The van der Waals surface area contributed by atoms with Gasteiger partial charge in [-0.05, 0) is 26.0 Å². The Bertz CT molecular complexity index is 759. The quantitative estimate of drug-likeness (QED) is 0.866. The molecule has 1 heterocycles. The maximum Gasteiger partial charge on any atom is 0.148 e. The van der Waals surface area contributed by atoms with Crippen molar-refractivity contribution in [3.05, 3.63) is 30.1 Å². The highest BCUT2D eigenvalue weighted by Gasteiger charge is 2.15. The minimum Gasteiger partial charge on any atom is -0.383 e. The lowest BCUT2D eigenvalue weighted by molar-refractivity contribution is 0.220. The van der Waals surface area contributed by atoms with Crippen LogP contribution >= 0.6 is 0 Å². The van der Waals surface area contributed by atoms with Gasteiger partial charge in [0.15, 0.2) is 0 Å². The third kappa shape index (κ3) is 4.38. The van der Waals surface area contributed by atoms with E-state index < -0.39 is 9.84 Å². The molecule has 2 rings (SSSR count). The van der Waals surface area contributed by atoms with Gasteiger partial charge in [-0.2, -0.15) is 0 Å². The summed E-state index contributed by atoms with van der Waals surface area (Å²) < 4.78 is 22.7. The van der Waals surface area contributed by atoms with Gasteiger partial charge >= 0.3 is 0 Å². The molecule has 0 unspecified atom stereocenters. The molecule has 1 aromatic heterocycles. The van der Waals surface area contributed by atoms with Crippen LogP contribution in [0.2, 0.25) is 0 Å². The van der Waals surface area contributed by atoms with Crippen molar-refractivity contribution in [2.24, 2.45) is 0 Å². The fraction of sp³-hybridized carbons (Fsp3) is 0.467. The maximum absolute atomic E-state index is 11.4. The average Bonchev–Trinajstić information content (AvgIpc) is 2.42. The van der Waals surface area contributed by atoms with Crippen LogP contribution in [0.25, 0.3) is 10.9 Å². The minimum absolute atomic E-state index is 0.119. The molecule has 0 aliphatic carbocycles. The van der Waals surface area contributed by atoms with Crippen molar-refractivity contribution >= 4 is 26.6 Å². The van der Waals surface area contributed by atoms with Crippen LogP contribution in [0.5, 0.6) is 0 Å². The number of sulfone groups is 1. The van der Waals surface area contributed by atoms with E-state index >= 15 is 0 Å². The van der Waals surface area contributed by atoms with Gasteiger partial charge < -0.3 is 5.73 Å². The van der Waals surface area contributed by atoms with E-state index in [1.165, 1.54) is 6.26 Å². The van der Waals surface area contributed by atoms with Gasteiger partial charge in [0, 0.05) is 24.2 Å². The first-order valence-electron chi connectivity index (χ1n) is 7.19. The molecular formula is C15H22N4O2S. The van der Waals surface area contributed by atoms with Crippen LogP contribution < -0.4 is 5.73 Å². The predicted octanol–water partition coefficient (Wildman–Crippen LogP) is 1.47. The zero-order valence-corrected chi connectivity index (χ0v) is 14.0. The second-order valence-corrected chi connectivity index (χ2v) is 8.00. The van der Waals surface area contributed by atoms with Gasteiger partial charge in [-0.1, -0.05) is 12.1 Å². The SMILES string of the molecule is CC(C)N(CCS(C)(=O)=O)Cc1nc(N)c2ccccc2n1. The second-order valence-electron chi connectivity index (χ2n) is 5.74. The van der Waals surface area contributed by atoms with Crippen molar-refractivity contribution in [2.75, 3.05) is 24.3 Å². The first kappa shape index (κ1) is 16.6. The highest BCUT2D eigenvalue weighted by Crippen LogP contribution is 2.18. The van der Waals surface area contributed by atoms with Crippen LogP contribution in [-0.4, -0.2) is 47.9 Å². The summed E-state index contributed by atoms with van der Waals surface area (Å²) in [5, 5.41) is 0.832. The number of benzene rings is 1. The third-order valence-corrected chi connectivity index (χ3v) is 4.43. The van der Waals surface area contributed by atoms with Gasteiger partial charge in [-0.3, -0.25) is 4.90 Å². The van der Waals surface area contributed by atoms with E-state index in [0.29, 0.717) is 24.7 Å². The van der Waals surface area contributed by atoms with Gasteiger partial charge in [-0.15, -0.1) is 0 Å². The molecule has 0 radical (unpaired) electrons. The van der Waals surface area contributed by atoms with E-state index in [9.17, 15) is 8.42 Å². The van der Waals surface area contributed by atoms with Crippen molar-refractivity contribution in [2.45, 2.75) is 26.4 Å². The molecule has 0 saturated heterocycles. The number of anilines is 1. The number of nitrogens with two attached hydrogens (primary N) is 1. The molecule has 6 nitrogen and oxygen atoms in total. The van der Waals surface area contributed by atoms with E-state index in [4.69, 9.17) is 5.73 Å². The Hall–Kier alpha value is -1.73. The Kier molecular flexibility index (Phi) is 4.97. The molecule has 0 amide bonds. The molecule has 120 valence electrons. The van der Waals surface area contributed by atoms with E-state index in [1.807, 2.05) is 43.0 Å². The second kappa shape index (κ2) is 6.58. The molecule has 0 aliphatic rings. The van der Waals surface area contributed by atoms with Crippen molar-refractivity contribution < 1.29 is 8.42 Å². The fourth-order valence-electron chi connectivity index (χ4n) is 2.21. The van der Waals surface area contributed by atoms with Crippen LogP contribution in [0.15, 0.2) is 24.3 Å². The molecule has 0 spiro atoms. The number of nitrogen functional groups attached to an aromatic ring is 1. The van der Waals surface area contributed by atoms with E-state index in [2.05, 4.69) is 9.97 Å². The van der Waals surface area contributed by atoms with Gasteiger partial charge in [0.25, 0.3) is 0 Å². The average molecular weight is 322 g/mol. The molecular weight excluding hydrogens is 300 g/mol. The first-order chi connectivity index (χ1) is 10.3. The fourth-order valence-corrected chi connectivity index (χ4v) is 2.77. The first-order valence-corrected chi connectivity index (χ1v) is 9.25. The third-order valence-electron chi connectivity index (χ3n) is 3.50. The Balaban J connectivity index is 2.23. The lowest BCUT2D eigenvalue weighted by Crippen LogP contribution is -2.35. The molecule has 2 aromatic rings. The smallest absolute Gasteiger partial charge is 0.148 e. The topological polar surface area (TPSA) is 89.2 Å². The highest BCUT2D eigenvalue weighted by molar-refractivity contribution is 7.90. The van der Waals surface area contributed by atoms with Crippen LogP contribution in [0.4, 0.5) is 5.82 Å². The number of rotatable bonds is 6. The summed E-state index contributed by atoms with van der Waals surface area (Å²) in [7, 11) is -2.99. The number of nitrogens with zero attached hydrogens (tertiary/aromatic N) is 3. The molecule has 0 atom stereocenters. The molecule has 0 fully saturated rings.